The van der Waals surface area contributed by atoms with Crippen LogP contribution in [0.2, 0.25) is 0 Å². The van der Waals surface area contributed by atoms with E-state index in [-0.39, 0.29) is 29.3 Å². The van der Waals surface area contributed by atoms with Crippen LogP contribution in [0.15, 0.2) is 24.3 Å². The zero-order valence-corrected chi connectivity index (χ0v) is 16.9. The number of anilines is 4. The van der Waals surface area contributed by atoms with Crippen LogP contribution in [0.1, 0.15) is 37.9 Å². The number of carbonyl (C=O) groups is 1. The normalized spacial score (nSPS) is 16.6. The number of nitrogen functional groups attached to an aromatic ring is 1. The number of rotatable bonds is 6. The van der Waals surface area contributed by atoms with Gasteiger partial charge in [-0.25, -0.2) is 4.98 Å². The van der Waals surface area contributed by atoms with E-state index in [1.807, 2.05) is 17.9 Å². The highest BCUT2D eigenvalue weighted by molar-refractivity contribution is 5.73. The van der Waals surface area contributed by atoms with Gasteiger partial charge in [-0.2, -0.15) is 18.2 Å². The van der Waals surface area contributed by atoms with Crippen LogP contribution in [0.25, 0.3) is 0 Å². The van der Waals surface area contributed by atoms with Gasteiger partial charge < -0.3 is 21.3 Å². The van der Waals surface area contributed by atoms with Crippen molar-refractivity contribution in [2.75, 3.05) is 29.0 Å². The van der Waals surface area contributed by atoms with E-state index in [9.17, 15) is 18.0 Å². The van der Waals surface area contributed by atoms with E-state index >= 15 is 0 Å². The van der Waals surface area contributed by atoms with Crippen LogP contribution in [-0.4, -0.2) is 35.0 Å². The van der Waals surface area contributed by atoms with Gasteiger partial charge in [0.25, 0.3) is 0 Å². The molecule has 1 amide bonds. The van der Waals surface area contributed by atoms with Crippen molar-refractivity contribution in [2.24, 2.45) is 0 Å². The Hall–Kier alpha value is -3.04. The molecule has 2 aromatic rings. The average molecular weight is 422 g/mol. The summed E-state index contributed by atoms with van der Waals surface area (Å²) in [6.07, 6.45) is -2.14. The van der Waals surface area contributed by atoms with Gasteiger partial charge in [0.05, 0.1) is 5.56 Å². The Morgan fingerprint density at radius 1 is 1.27 bits per heavy atom. The molecule has 1 aromatic carbocycles. The van der Waals surface area contributed by atoms with Gasteiger partial charge in [-0.3, -0.25) is 4.79 Å². The zero-order valence-electron chi connectivity index (χ0n) is 16.9. The lowest BCUT2D eigenvalue weighted by atomic mass is 10.1. The predicted octanol–water partition coefficient (Wildman–Crippen LogP) is 3.49. The van der Waals surface area contributed by atoms with Crippen LogP contribution < -0.4 is 21.3 Å². The average Bonchev–Trinajstić information content (AvgIpc) is 3.08. The van der Waals surface area contributed by atoms with E-state index in [0.717, 1.165) is 30.7 Å². The number of halogens is 3. The number of alkyl halides is 3. The smallest absolute Gasteiger partial charge is 0.399 e. The van der Waals surface area contributed by atoms with E-state index in [1.54, 1.807) is 0 Å². The molecule has 0 saturated carbocycles. The fourth-order valence-electron chi connectivity index (χ4n) is 3.48. The minimum Gasteiger partial charge on any atom is -0.399 e. The molecule has 0 unspecified atom stereocenters. The highest BCUT2D eigenvalue weighted by atomic mass is 19.4. The van der Waals surface area contributed by atoms with Crippen molar-refractivity contribution < 1.29 is 18.0 Å². The number of carbonyl (C=O) groups excluding carboxylic acids is 1. The van der Waals surface area contributed by atoms with Crippen molar-refractivity contribution in [1.82, 2.24) is 15.3 Å². The molecule has 1 saturated heterocycles. The Labute approximate surface area is 172 Å². The summed E-state index contributed by atoms with van der Waals surface area (Å²) in [5.74, 6) is 0.794. The number of nitrogens with zero attached hydrogens (tertiary/aromatic N) is 3. The number of aromatic nitrogens is 2. The van der Waals surface area contributed by atoms with Gasteiger partial charge in [0.15, 0.2) is 0 Å². The van der Waals surface area contributed by atoms with E-state index in [1.165, 1.54) is 13.0 Å². The third-order valence-corrected chi connectivity index (χ3v) is 4.73. The lowest BCUT2D eigenvalue weighted by Crippen LogP contribution is -2.35. The predicted molar refractivity (Wildman–Crippen MR) is 110 cm³/mol. The summed E-state index contributed by atoms with van der Waals surface area (Å²) in [6, 6.07) is 5.19. The Morgan fingerprint density at radius 2 is 2.03 bits per heavy atom. The molecule has 162 valence electrons. The maximum Gasteiger partial charge on any atom is 0.416 e. The van der Waals surface area contributed by atoms with Crippen molar-refractivity contribution >= 4 is 29.0 Å². The largest absolute Gasteiger partial charge is 0.416 e. The Bertz CT molecular complexity index is 918. The van der Waals surface area contributed by atoms with Gasteiger partial charge in [-0.15, -0.1) is 0 Å². The van der Waals surface area contributed by atoms with E-state index in [4.69, 9.17) is 5.73 Å². The molecule has 1 aliphatic heterocycles. The summed E-state index contributed by atoms with van der Waals surface area (Å²) in [6.45, 7) is 4.82. The number of aryl methyl sites for hydroxylation is 1. The third-order valence-electron chi connectivity index (χ3n) is 4.73. The molecule has 1 aliphatic rings. The van der Waals surface area contributed by atoms with Crippen LogP contribution in [-0.2, 0) is 17.4 Å². The van der Waals surface area contributed by atoms with Crippen molar-refractivity contribution in [3.63, 3.8) is 0 Å². The van der Waals surface area contributed by atoms with Crippen LogP contribution in [0, 0.1) is 0 Å². The summed E-state index contributed by atoms with van der Waals surface area (Å²) in [5.41, 5.74) is 5.75. The zero-order chi connectivity index (χ0) is 21.9. The molecule has 3 rings (SSSR count). The quantitative estimate of drug-likeness (QED) is 0.617. The Balaban J connectivity index is 1.87. The molecule has 1 atom stereocenters. The van der Waals surface area contributed by atoms with E-state index in [0.29, 0.717) is 25.3 Å². The van der Waals surface area contributed by atoms with Crippen LogP contribution >= 0.6 is 0 Å². The maximum absolute atomic E-state index is 13.1. The van der Waals surface area contributed by atoms with Gasteiger partial charge in [0.1, 0.15) is 5.82 Å². The van der Waals surface area contributed by atoms with Gasteiger partial charge in [-0.05, 0) is 31.0 Å². The molecular formula is C20H25F3N6O. The van der Waals surface area contributed by atoms with Crippen LogP contribution in [0.5, 0.6) is 0 Å². The van der Waals surface area contributed by atoms with Crippen molar-refractivity contribution in [3.05, 3.63) is 35.5 Å². The Morgan fingerprint density at radius 3 is 2.70 bits per heavy atom. The topological polar surface area (TPSA) is 96.2 Å². The molecule has 1 fully saturated rings. The minimum atomic E-state index is -4.50. The highest BCUT2D eigenvalue weighted by Gasteiger charge is 2.31. The van der Waals surface area contributed by atoms with Gasteiger partial charge >= 0.3 is 6.18 Å². The summed E-state index contributed by atoms with van der Waals surface area (Å²) in [5, 5.41) is 5.77. The molecule has 0 spiro atoms. The standard InChI is InChI=1S/C20H25F3N6O/c1-3-4-15-10-18(29-6-5-16(11-29)25-12(2)30)28-19(26-15)27-17-8-13(20(21,22)23)7-14(24)9-17/h7-10,16H,3-6,11,24H2,1-2H3,(H,25,30)(H,26,27,28)/t16-/m0/s1. The van der Waals surface area contributed by atoms with Crippen molar-refractivity contribution in [1.29, 1.82) is 0 Å². The van der Waals surface area contributed by atoms with Crippen molar-refractivity contribution in [3.8, 4) is 0 Å². The molecule has 0 aliphatic carbocycles. The first kappa shape index (κ1) is 21.7. The van der Waals surface area contributed by atoms with Gasteiger partial charge in [0.2, 0.25) is 11.9 Å². The molecule has 0 bridgehead atoms. The van der Waals surface area contributed by atoms with Gasteiger partial charge in [0, 0.05) is 49.2 Å². The Kier molecular flexibility index (Phi) is 6.33. The second-order valence-electron chi connectivity index (χ2n) is 7.39. The fraction of sp³-hybridized carbons (Fsp3) is 0.450. The van der Waals surface area contributed by atoms with Crippen molar-refractivity contribution in [2.45, 2.75) is 45.3 Å². The lowest BCUT2D eigenvalue weighted by Gasteiger charge is -2.20. The molecule has 1 aromatic heterocycles. The van der Waals surface area contributed by atoms with Crippen LogP contribution in [0.3, 0.4) is 0 Å². The second kappa shape index (κ2) is 8.76. The number of nitrogens with one attached hydrogen (secondary N) is 2. The number of nitrogens with two attached hydrogens (primary N) is 1. The first-order chi connectivity index (χ1) is 14.1. The summed E-state index contributed by atoms with van der Waals surface area (Å²) < 4.78 is 39.3. The third kappa shape index (κ3) is 5.52. The first-order valence-corrected chi connectivity index (χ1v) is 9.79. The summed E-state index contributed by atoms with van der Waals surface area (Å²) in [7, 11) is 0. The molecule has 7 nitrogen and oxygen atoms in total. The molecule has 0 radical (unpaired) electrons. The highest BCUT2D eigenvalue weighted by Crippen LogP contribution is 2.33. The second-order valence-corrected chi connectivity index (χ2v) is 7.39. The first-order valence-electron chi connectivity index (χ1n) is 9.79. The maximum atomic E-state index is 13.1. The van der Waals surface area contributed by atoms with E-state index < -0.39 is 11.7 Å². The molecule has 30 heavy (non-hydrogen) atoms. The molecule has 10 heteroatoms. The minimum absolute atomic E-state index is 0.00467. The molecule has 4 N–H and O–H groups in total. The number of hydrogen-bond donors (Lipinski definition) is 3. The van der Waals surface area contributed by atoms with Crippen LogP contribution in [0.4, 0.5) is 36.3 Å². The van der Waals surface area contributed by atoms with E-state index in [2.05, 4.69) is 20.6 Å². The fourth-order valence-corrected chi connectivity index (χ4v) is 3.48. The summed E-state index contributed by atoms with van der Waals surface area (Å²) >= 11 is 0. The SMILES string of the molecule is CCCc1cc(N2CC[C@H](NC(C)=O)C2)nc(Nc2cc(N)cc(C(F)(F)F)c2)n1. The number of hydrogen-bond acceptors (Lipinski definition) is 6. The lowest BCUT2D eigenvalue weighted by molar-refractivity contribution is -0.137. The van der Waals surface area contributed by atoms with Gasteiger partial charge in [-0.1, -0.05) is 13.3 Å². The molecule has 2 heterocycles. The number of benzene rings is 1. The summed E-state index contributed by atoms with van der Waals surface area (Å²) in [4.78, 5) is 22.3. The monoisotopic (exact) mass is 422 g/mol. The molecular weight excluding hydrogens is 397 g/mol. The number of amides is 1.